The molecule has 0 unspecified atom stereocenters. The predicted octanol–water partition coefficient (Wildman–Crippen LogP) is 4.28. The SMILES string of the molecule is CCOC(=O)c1[nH]c2c(c1SC)-c1cccc3cccc(c13)C2=O. The van der Waals surface area contributed by atoms with Crippen LogP contribution in [0.5, 0.6) is 0 Å². The van der Waals surface area contributed by atoms with E-state index in [1.165, 1.54) is 11.8 Å². The molecule has 0 spiro atoms. The van der Waals surface area contributed by atoms with Crippen LogP contribution in [0.1, 0.15) is 33.5 Å². The monoisotopic (exact) mass is 337 g/mol. The van der Waals surface area contributed by atoms with Gasteiger partial charge < -0.3 is 9.72 Å². The second-order valence-electron chi connectivity index (χ2n) is 5.54. The van der Waals surface area contributed by atoms with Gasteiger partial charge in [0.25, 0.3) is 0 Å². The molecule has 1 aliphatic rings. The molecule has 0 amide bonds. The Morgan fingerprint density at radius 3 is 2.54 bits per heavy atom. The summed E-state index contributed by atoms with van der Waals surface area (Å²) in [6.45, 7) is 2.06. The fourth-order valence-corrected chi connectivity index (χ4v) is 4.09. The number of benzene rings is 2. The van der Waals surface area contributed by atoms with Gasteiger partial charge in [-0.2, -0.15) is 0 Å². The number of ketones is 1. The molecular weight excluding hydrogens is 322 g/mol. The smallest absolute Gasteiger partial charge is 0.355 e. The van der Waals surface area contributed by atoms with Crippen LogP contribution in [-0.4, -0.2) is 29.6 Å². The summed E-state index contributed by atoms with van der Waals surface area (Å²) in [5.74, 6) is -0.513. The first-order valence-corrected chi connectivity index (χ1v) is 8.93. The van der Waals surface area contributed by atoms with Gasteiger partial charge in [0.2, 0.25) is 5.78 Å². The van der Waals surface area contributed by atoms with Crippen molar-refractivity contribution in [2.24, 2.45) is 0 Å². The third-order valence-corrected chi connectivity index (χ3v) is 5.10. The number of nitrogens with one attached hydrogen (secondary N) is 1. The number of aromatic nitrogens is 1. The Morgan fingerprint density at radius 2 is 1.88 bits per heavy atom. The number of esters is 1. The van der Waals surface area contributed by atoms with Crippen LogP contribution in [0.4, 0.5) is 0 Å². The molecule has 0 aliphatic heterocycles. The van der Waals surface area contributed by atoms with Gasteiger partial charge in [0, 0.05) is 21.4 Å². The number of hydrogen-bond acceptors (Lipinski definition) is 4. The van der Waals surface area contributed by atoms with E-state index in [2.05, 4.69) is 4.98 Å². The maximum absolute atomic E-state index is 13.0. The largest absolute Gasteiger partial charge is 0.461 e. The average molecular weight is 337 g/mol. The summed E-state index contributed by atoms with van der Waals surface area (Å²) in [6, 6.07) is 11.7. The third kappa shape index (κ3) is 1.94. The molecule has 0 saturated heterocycles. The van der Waals surface area contributed by atoms with Gasteiger partial charge in [-0.3, -0.25) is 4.79 Å². The first kappa shape index (κ1) is 15.0. The Hall–Kier alpha value is -2.53. The maximum atomic E-state index is 13.0. The van der Waals surface area contributed by atoms with Crippen molar-refractivity contribution in [1.82, 2.24) is 4.98 Å². The quantitative estimate of drug-likeness (QED) is 0.448. The van der Waals surface area contributed by atoms with Crippen molar-refractivity contribution < 1.29 is 14.3 Å². The fraction of sp³-hybridized carbons (Fsp3) is 0.158. The van der Waals surface area contributed by atoms with Crippen LogP contribution in [0, 0.1) is 0 Å². The molecule has 0 fully saturated rings. The molecule has 5 heteroatoms. The Morgan fingerprint density at radius 1 is 1.17 bits per heavy atom. The molecule has 2 aromatic carbocycles. The average Bonchev–Trinajstić information content (AvgIpc) is 2.99. The second kappa shape index (κ2) is 5.53. The van der Waals surface area contributed by atoms with Crippen LogP contribution in [0.15, 0.2) is 41.3 Å². The lowest BCUT2D eigenvalue weighted by Crippen LogP contribution is -2.10. The lowest BCUT2D eigenvalue weighted by Gasteiger charge is -2.17. The Bertz CT molecular complexity index is 998. The van der Waals surface area contributed by atoms with Crippen LogP contribution in [-0.2, 0) is 4.74 Å². The highest BCUT2D eigenvalue weighted by Crippen LogP contribution is 2.45. The lowest BCUT2D eigenvalue weighted by molar-refractivity contribution is 0.0516. The van der Waals surface area contributed by atoms with E-state index in [0.717, 1.165) is 26.8 Å². The predicted molar refractivity (Wildman–Crippen MR) is 94.9 cm³/mol. The Balaban J connectivity index is 2.08. The molecule has 0 bridgehead atoms. The molecule has 24 heavy (non-hydrogen) atoms. The van der Waals surface area contributed by atoms with E-state index in [-0.39, 0.29) is 5.78 Å². The molecule has 4 rings (SSSR count). The number of carbonyl (C=O) groups is 2. The fourth-order valence-electron chi connectivity index (χ4n) is 3.33. The molecule has 0 radical (unpaired) electrons. The highest BCUT2D eigenvalue weighted by Gasteiger charge is 2.32. The zero-order valence-corrected chi connectivity index (χ0v) is 14.1. The zero-order valence-electron chi connectivity index (χ0n) is 13.3. The van der Waals surface area contributed by atoms with Crippen LogP contribution >= 0.6 is 11.8 Å². The van der Waals surface area contributed by atoms with Crippen molar-refractivity contribution in [3.63, 3.8) is 0 Å². The first-order valence-electron chi connectivity index (χ1n) is 7.71. The van der Waals surface area contributed by atoms with E-state index in [4.69, 9.17) is 4.74 Å². The molecule has 0 saturated carbocycles. The molecule has 4 nitrogen and oxygen atoms in total. The van der Waals surface area contributed by atoms with E-state index >= 15 is 0 Å². The molecule has 0 atom stereocenters. The van der Waals surface area contributed by atoms with Gasteiger partial charge in [0.1, 0.15) is 5.69 Å². The summed E-state index contributed by atoms with van der Waals surface area (Å²) in [5.41, 5.74) is 3.27. The van der Waals surface area contributed by atoms with Gasteiger partial charge in [0.15, 0.2) is 0 Å². The van der Waals surface area contributed by atoms with Gasteiger partial charge in [-0.25, -0.2) is 4.79 Å². The van der Waals surface area contributed by atoms with E-state index in [9.17, 15) is 9.59 Å². The zero-order chi connectivity index (χ0) is 16.8. The van der Waals surface area contributed by atoms with Crippen molar-refractivity contribution >= 4 is 34.3 Å². The van der Waals surface area contributed by atoms with E-state index in [1.807, 2.05) is 42.7 Å². The van der Waals surface area contributed by atoms with E-state index in [1.54, 1.807) is 6.92 Å². The highest BCUT2D eigenvalue weighted by molar-refractivity contribution is 7.98. The van der Waals surface area contributed by atoms with Crippen molar-refractivity contribution in [3.8, 4) is 11.1 Å². The number of aromatic amines is 1. The Labute approximate surface area is 143 Å². The van der Waals surface area contributed by atoms with E-state index < -0.39 is 5.97 Å². The summed E-state index contributed by atoms with van der Waals surface area (Å²) in [5, 5.41) is 1.97. The van der Waals surface area contributed by atoms with Gasteiger partial charge in [0.05, 0.1) is 12.3 Å². The van der Waals surface area contributed by atoms with Crippen LogP contribution in [0.3, 0.4) is 0 Å². The van der Waals surface area contributed by atoms with Crippen LogP contribution in [0.25, 0.3) is 21.9 Å². The van der Waals surface area contributed by atoms with Crippen molar-refractivity contribution in [2.45, 2.75) is 11.8 Å². The summed E-state index contributed by atoms with van der Waals surface area (Å²) in [7, 11) is 0. The normalized spacial score (nSPS) is 12.3. The summed E-state index contributed by atoms with van der Waals surface area (Å²) in [4.78, 5) is 29.0. The number of H-pyrrole nitrogens is 1. The number of thioether (sulfide) groups is 1. The maximum Gasteiger partial charge on any atom is 0.355 e. The van der Waals surface area contributed by atoms with Crippen molar-refractivity contribution in [3.05, 3.63) is 53.3 Å². The van der Waals surface area contributed by atoms with Gasteiger partial charge in [-0.05, 0) is 24.1 Å². The first-order chi connectivity index (χ1) is 11.7. The minimum atomic E-state index is -0.430. The lowest BCUT2D eigenvalue weighted by atomic mass is 9.86. The summed E-state index contributed by atoms with van der Waals surface area (Å²) >= 11 is 1.45. The van der Waals surface area contributed by atoms with Gasteiger partial charge >= 0.3 is 5.97 Å². The van der Waals surface area contributed by atoms with Crippen molar-refractivity contribution in [2.75, 3.05) is 12.9 Å². The standard InChI is InChI=1S/C19H15NO3S/c1-3-23-19(22)16-18(24-2)14-11-8-4-6-10-7-5-9-12(13(10)11)17(21)15(14)20-16/h4-9,20H,3H2,1-2H3. The number of carbonyl (C=O) groups excluding carboxylic acids is 2. The van der Waals surface area contributed by atoms with Crippen molar-refractivity contribution in [1.29, 1.82) is 0 Å². The van der Waals surface area contributed by atoms with Crippen LogP contribution in [0.2, 0.25) is 0 Å². The minimum Gasteiger partial charge on any atom is -0.461 e. The Kier molecular flexibility index (Phi) is 3.46. The minimum absolute atomic E-state index is 0.0832. The summed E-state index contributed by atoms with van der Waals surface area (Å²) < 4.78 is 5.14. The van der Waals surface area contributed by atoms with E-state index in [0.29, 0.717) is 23.6 Å². The van der Waals surface area contributed by atoms with Crippen LogP contribution < -0.4 is 0 Å². The number of ether oxygens (including phenoxy) is 1. The molecule has 3 aromatic rings. The van der Waals surface area contributed by atoms with Gasteiger partial charge in [-0.15, -0.1) is 11.8 Å². The molecule has 1 aliphatic carbocycles. The topological polar surface area (TPSA) is 59.2 Å². The number of fused-ring (bicyclic) bond motifs is 2. The highest BCUT2D eigenvalue weighted by atomic mass is 32.2. The van der Waals surface area contributed by atoms with Gasteiger partial charge in [-0.1, -0.05) is 36.4 Å². The molecule has 1 aromatic heterocycles. The molecule has 1 N–H and O–H groups in total. The second-order valence-corrected chi connectivity index (χ2v) is 6.36. The summed E-state index contributed by atoms with van der Waals surface area (Å²) in [6.07, 6.45) is 1.90. The molecule has 120 valence electrons. The molecule has 1 heterocycles. The third-order valence-electron chi connectivity index (χ3n) is 4.28. The number of hydrogen-bond donors (Lipinski definition) is 1. The molecular formula is C19H15NO3S. The number of rotatable bonds is 3.